The Kier molecular flexibility index (Phi) is 2.28. The van der Waals surface area contributed by atoms with Crippen LogP contribution < -0.4 is 0 Å². The van der Waals surface area contributed by atoms with Gasteiger partial charge in [0.25, 0.3) is 0 Å². The fourth-order valence-electron chi connectivity index (χ4n) is 0.878. The summed E-state index contributed by atoms with van der Waals surface area (Å²) in [7, 11) is 0. The van der Waals surface area contributed by atoms with Gasteiger partial charge < -0.3 is 4.98 Å². The van der Waals surface area contributed by atoms with Gasteiger partial charge in [-0.2, -0.15) is 18.4 Å². The van der Waals surface area contributed by atoms with E-state index >= 15 is 0 Å². The number of rotatable bonds is 1. The highest BCUT2D eigenvalue weighted by Gasteiger charge is 2.35. The topological polar surface area (TPSA) is 52.5 Å². The fraction of sp³-hybridized carbons (Fsp3) is 0.429. The van der Waals surface area contributed by atoms with E-state index in [-0.39, 0.29) is 17.8 Å². The Balaban J connectivity index is 3.04. The first-order valence-corrected chi connectivity index (χ1v) is 3.44. The molecule has 0 bridgehead atoms. The second-order valence-corrected chi connectivity index (χ2v) is 2.49. The Bertz CT molecular complexity index is 345. The van der Waals surface area contributed by atoms with Crippen molar-refractivity contribution in [2.45, 2.75) is 19.5 Å². The highest BCUT2D eigenvalue weighted by Crippen LogP contribution is 2.27. The van der Waals surface area contributed by atoms with Gasteiger partial charge in [0, 0.05) is 5.69 Å². The molecule has 6 heteroatoms. The lowest BCUT2D eigenvalue weighted by Crippen LogP contribution is -2.07. The summed E-state index contributed by atoms with van der Waals surface area (Å²) in [6, 6.07) is 1.74. The minimum atomic E-state index is -4.47. The Morgan fingerprint density at radius 1 is 1.54 bits per heavy atom. The van der Waals surface area contributed by atoms with E-state index < -0.39 is 12.0 Å². The predicted molar refractivity (Wildman–Crippen MR) is 37.6 cm³/mol. The van der Waals surface area contributed by atoms with Crippen LogP contribution in [0.3, 0.4) is 0 Å². The number of H-pyrrole nitrogens is 1. The van der Waals surface area contributed by atoms with Gasteiger partial charge in [-0.3, -0.25) is 0 Å². The maximum Gasteiger partial charge on any atom is 0.449 e. The number of aromatic nitrogens is 2. The lowest BCUT2D eigenvalue weighted by Gasteiger charge is -1.99. The second-order valence-electron chi connectivity index (χ2n) is 2.49. The molecular formula is C7H6F3N3. The molecule has 1 aromatic heterocycles. The molecule has 0 aromatic carbocycles. The van der Waals surface area contributed by atoms with Gasteiger partial charge in [-0.15, -0.1) is 0 Å². The van der Waals surface area contributed by atoms with Crippen molar-refractivity contribution in [3.63, 3.8) is 0 Å². The van der Waals surface area contributed by atoms with Crippen LogP contribution in [0.15, 0.2) is 0 Å². The average Bonchev–Trinajstić information content (AvgIpc) is 2.32. The Hall–Kier alpha value is -1.51. The standard InChI is InChI=1S/C7H6F3N3/c1-4-5(2-3-11)13-6(12-4)7(8,9)10/h2H2,1H3,(H,12,13). The molecule has 0 saturated carbocycles. The molecule has 0 aliphatic carbocycles. The monoisotopic (exact) mass is 189 g/mol. The first kappa shape index (κ1) is 9.58. The summed E-state index contributed by atoms with van der Waals surface area (Å²) in [5.41, 5.74) is 0.434. The molecule has 0 aliphatic heterocycles. The quantitative estimate of drug-likeness (QED) is 0.732. The summed E-state index contributed by atoms with van der Waals surface area (Å²) < 4.78 is 36.1. The molecule has 0 atom stereocenters. The van der Waals surface area contributed by atoms with Crippen molar-refractivity contribution in [3.8, 4) is 6.07 Å². The van der Waals surface area contributed by atoms with E-state index in [1.54, 1.807) is 6.07 Å². The first-order valence-electron chi connectivity index (χ1n) is 3.44. The maximum absolute atomic E-state index is 12.0. The molecular weight excluding hydrogens is 183 g/mol. The van der Waals surface area contributed by atoms with E-state index in [2.05, 4.69) is 9.97 Å². The molecule has 0 radical (unpaired) electrons. The molecule has 70 valence electrons. The third kappa shape index (κ3) is 1.99. The number of imidazole rings is 1. The third-order valence-electron chi connectivity index (χ3n) is 1.50. The molecule has 0 unspecified atom stereocenters. The molecule has 0 fully saturated rings. The number of hydrogen-bond donors (Lipinski definition) is 1. The molecule has 1 N–H and O–H groups in total. The van der Waals surface area contributed by atoms with Crippen molar-refractivity contribution >= 4 is 0 Å². The molecule has 1 heterocycles. The molecule has 0 spiro atoms. The predicted octanol–water partition coefficient (Wildman–Crippen LogP) is 1.80. The van der Waals surface area contributed by atoms with Crippen LogP contribution in [-0.4, -0.2) is 9.97 Å². The number of alkyl halides is 3. The number of halogens is 3. The number of hydrogen-bond acceptors (Lipinski definition) is 2. The van der Waals surface area contributed by atoms with Crippen molar-refractivity contribution in [3.05, 3.63) is 17.2 Å². The van der Waals surface area contributed by atoms with Crippen molar-refractivity contribution < 1.29 is 13.2 Å². The minimum Gasteiger partial charge on any atom is -0.338 e. The van der Waals surface area contributed by atoms with Gasteiger partial charge in [0.1, 0.15) is 0 Å². The van der Waals surface area contributed by atoms with E-state index in [4.69, 9.17) is 5.26 Å². The first-order chi connectivity index (χ1) is 5.95. The molecule has 13 heavy (non-hydrogen) atoms. The number of aryl methyl sites for hydroxylation is 1. The summed E-state index contributed by atoms with van der Waals surface area (Å²) in [4.78, 5) is 5.35. The summed E-state index contributed by atoms with van der Waals surface area (Å²) in [5.74, 6) is -1.05. The Morgan fingerprint density at radius 3 is 2.54 bits per heavy atom. The zero-order valence-corrected chi connectivity index (χ0v) is 6.74. The second kappa shape index (κ2) is 3.09. The molecule has 0 amide bonds. The Morgan fingerprint density at radius 2 is 2.15 bits per heavy atom. The van der Waals surface area contributed by atoms with Crippen molar-refractivity contribution in [2.24, 2.45) is 0 Å². The van der Waals surface area contributed by atoms with E-state index in [1.165, 1.54) is 6.92 Å². The van der Waals surface area contributed by atoms with Gasteiger partial charge in [-0.1, -0.05) is 0 Å². The maximum atomic E-state index is 12.0. The van der Waals surface area contributed by atoms with E-state index in [9.17, 15) is 13.2 Å². The lowest BCUT2D eigenvalue weighted by atomic mass is 10.3. The number of nitriles is 1. The summed E-state index contributed by atoms with van der Waals surface area (Å²) in [5, 5.41) is 8.27. The van der Waals surface area contributed by atoms with Crippen LogP contribution in [0.2, 0.25) is 0 Å². The highest BCUT2D eigenvalue weighted by atomic mass is 19.4. The van der Waals surface area contributed by atoms with Gasteiger partial charge in [0.15, 0.2) is 0 Å². The number of nitrogens with one attached hydrogen (secondary N) is 1. The third-order valence-corrected chi connectivity index (χ3v) is 1.50. The van der Waals surface area contributed by atoms with Gasteiger partial charge in [0.2, 0.25) is 5.82 Å². The van der Waals surface area contributed by atoms with Crippen LogP contribution in [0.25, 0.3) is 0 Å². The number of nitrogens with zero attached hydrogens (tertiary/aromatic N) is 2. The van der Waals surface area contributed by atoms with Gasteiger partial charge >= 0.3 is 6.18 Å². The fourth-order valence-corrected chi connectivity index (χ4v) is 0.878. The summed E-state index contributed by atoms with van der Waals surface area (Å²) in [6.45, 7) is 1.45. The minimum absolute atomic E-state index is 0.113. The van der Waals surface area contributed by atoms with E-state index in [0.717, 1.165) is 0 Å². The van der Waals surface area contributed by atoms with Crippen molar-refractivity contribution in [1.29, 1.82) is 5.26 Å². The largest absolute Gasteiger partial charge is 0.449 e. The van der Waals surface area contributed by atoms with Crippen molar-refractivity contribution in [2.75, 3.05) is 0 Å². The van der Waals surface area contributed by atoms with Crippen molar-refractivity contribution in [1.82, 2.24) is 9.97 Å². The van der Waals surface area contributed by atoms with Gasteiger partial charge in [-0.05, 0) is 6.92 Å². The summed E-state index contributed by atoms with van der Waals surface area (Å²) in [6.07, 6.45) is -4.59. The van der Waals surface area contributed by atoms with Crippen LogP contribution in [-0.2, 0) is 12.6 Å². The van der Waals surface area contributed by atoms with Crippen LogP contribution in [0, 0.1) is 18.3 Å². The number of aromatic amines is 1. The normalized spacial score (nSPS) is 11.3. The van der Waals surface area contributed by atoms with E-state index in [1.807, 2.05) is 0 Å². The van der Waals surface area contributed by atoms with Crippen LogP contribution in [0.5, 0.6) is 0 Å². The lowest BCUT2D eigenvalue weighted by molar-refractivity contribution is -0.144. The zero-order chi connectivity index (χ0) is 10.1. The van der Waals surface area contributed by atoms with Crippen LogP contribution in [0.4, 0.5) is 13.2 Å². The van der Waals surface area contributed by atoms with Crippen LogP contribution >= 0.6 is 0 Å². The summed E-state index contributed by atoms with van der Waals surface area (Å²) >= 11 is 0. The molecule has 1 aromatic rings. The molecule has 3 nitrogen and oxygen atoms in total. The van der Waals surface area contributed by atoms with Gasteiger partial charge in [0.05, 0.1) is 18.2 Å². The zero-order valence-electron chi connectivity index (χ0n) is 6.74. The highest BCUT2D eigenvalue weighted by molar-refractivity contribution is 5.17. The molecule has 0 aliphatic rings. The van der Waals surface area contributed by atoms with Crippen LogP contribution in [0.1, 0.15) is 17.2 Å². The Labute approximate surface area is 72.2 Å². The molecule has 0 saturated heterocycles. The average molecular weight is 189 g/mol. The smallest absolute Gasteiger partial charge is 0.338 e. The SMILES string of the molecule is Cc1[nH]c(C(F)(F)F)nc1CC#N. The molecule has 1 rings (SSSR count). The van der Waals surface area contributed by atoms with Gasteiger partial charge in [-0.25, -0.2) is 4.98 Å². The van der Waals surface area contributed by atoms with E-state index in [0.29, 0.717) is 0 Å².